The predicted octanol–water partition coefficient (Wildman–Crippen LogP) is 3.81. The minimum Gasteiger partial charge on any atom is -0.507 e. The molecule has 0 fully saturated rings. The maximum Gasteiger partial charge on any atom is 0.123 e. The Labute approximate surface area is 156 Å². The quantitative estimate of drug-likeness (QED) is 0.597. The fraction of sp³-hybridized carbons (Fsp3) is 0.100. The third-order valence-electron chi connectivity index (χ3n) is 4.43. The highest BCUT2D eigenvalue weighted by Gasteiger charge is 2.21. The molecule has 1 aliphatic carbocycles. The first-order valence-corrected chi connectivity index (χ1v) is 9.23. The third kappa shape index (κ3) is 2.59. The maximum absolute atomic E-state index is 10.7. The van der Waals surface area contributed by atoms with Crippen molar-refractivity contribution in [3.05, 3.63) is 73.5 Å². The number of halogens is 2. The lowest BCUT2D eigenvalue weighted by Gasteiger charge is -2.21. The number of phenolic OH excluding ortho intramolecular Hbond substituents is 1. The molecular weight excluding hydrogens is 432 g/mol. The number of aliphatic hydroxyl groups is 1. The number of aromatic hydroxyl groups is 1. The van der Waals surface area contributed by atoms with E-state index in [4.69, 9.17) is 0 Å². The van der Waals surface area contributed by atoms with E-state index in [1.165, 1.54) is 0 Å². The fourth-order valence-corrected chi connectivity index (χ4v) is 4.11. The average Bonchev–Trinajstić information content (AvgIpc) is 2.56. The zero-order chi connectivity index (χ0) is 16.8. The van der Waals surface area contributed by atoms with Crippen molar-refractivity contribution in [2.24, 2.45) is 0 Å². The summed E-state index contributed by atoms with van der Waals surface area (Å²) in [6.45, 7) is 0. The van der Waals surface area contributed by atoms with Gasteiger partial charge in [-0.05, 0) is 58.0 Å². The van der Waals surface area contributed by atoms with Crippen LogP contribution >= 0.6 is 31.9 Å². The van der Waals surface area contributed by atoms with Gasteiger partial charge < -0.3 is 10.2 Å². The van der Waals surface area contributed by atoms with Gasteiger partial charge >= 0.3 is 0 Å². The van der Waals surface area contributed by atoms with Gasteiger partial charge in [-0.25, -0.2) is 0 Å². The van der Waals surface area contributed by atoms with Crippen LogP contribution in [0, 0.1) is 0 Å². The predicted molar refractivity (Wildman–Crippen MR) is 104 cm³/mol. The molecule has 1 atom stereocenters. The molecule has 0 saturated carbocycles. The van der Waals surface area contributed by atoms with Gasteiger partial charge in [-0.3, -0.25) is 0 Å². The van der Waals surface area contributed by atoms with Crippen molar-refractivity contribution in [1.82, 2.24) is 0 Å². The summed E-state index contributed by atoms with van der Waals surface area (Å²) in [5, 5.41) is 25.2. The lowest BCUT2D eigenvalue weighted by atomic mass is 9.88. The number of phenols is 1. The Morgan fingerprint density at radius 2 is 1.67 bits per heavy atom. The van der Waals surface area contributed by atoms with Crippen LogP contribution in [0.3, 0.4) is 0 Å². The van der Waals surface area contributed by atoms with Gasteiger partial charge in [0, 0.05) is 20.1 Å². The van der Waals surface area contributed by atoms with Crippen LogP contribution < -0.4 is 10.4 Å². The van der Waals surface area contributed by atoms with Crippen molar-refractivity contribution in [2.45, 2.75) is 12.5 Å². The van der Waals surface area contributed by atoms with Crippen LogP contribution in [0.2, 0.25) is 0 Å². The summed E-state index contributed by atoms with van der Waals surface area (Å²) in [5.41, 5.74) is 1.49. The highest BCUT2D eigenvalue weighted by Crippen LogP contribution is 2.35. The van der Waals surface area contributed by atoms with Gasteiger partial charge in [0.1, 0.15) is 5.75 Å². The van der Waals surface area contributed by atoms with Crippen LogP contribution in [0.15, 0.2) is 57.5 Å². The van der Waals surface area contributed by atoms with Gasteiger partial charge in [0.2, 0.25) is 0 Å². The Morgan fingerprint density at radius 1 is 0.917 bits per heavy atom. The maximum atomic E-state index is 10.7. The molecule has 0 spiro atoms. The van der Waals surface area contributed by atoms with E-state index in [1.54, 1.807) is 6.07 Å². The van der Waals surface area contributed by atoms with E-state index in [-0.39, 0.29) is 5.75 Å². The molecule has 0 bridgehead atoms. The summed E-state index contributed by atoms with van der Waals surface area (Å²) in [6, 6.07) is 15.5. The van der Waals surface area contributed by atoms with Crippen LogP contribution in [-0.4, -0.2) is 16.3 Å². The second kappa shape index (κ2) is 6.03. The molecule has 3 aromatic rings. The molecule has 24 heavy (non-hydrogen) atoms. The molecule has 0 aromatic heterocycles. The SMILES string of the molecule is Oc1ccc2cc(Br)ccc2c1C1=c2ccc(Br)cc2=CC[C@@H]1O. The van der Waals surface area contributed by atoms with Crippen LogP contribution in [-0.2, 0) is 0 Å². The van der Waals surface area contributed by atoms with E-state index in [9.17, 15) is 10.2 Å². The smallest absolute Gasteiger partial charge is 0.123 e. The van der Waals surface area contributed by atoms with Crippen molar-refractivity contribution >= 4 is 54.3 Å². The number of rotatable bonds is 1. The largest absolute Gasteiger partial charge is 0.507 e. The number of aliphatic hydroxyl groups excluding tert-OH is 1. The van der Waals surface area contributed by atoms with E-state index in [0.29, 0.717) is 12.0 Å². The Hall–Kier alpha value is -1.62. The second-order valence-electron chi connectivity index (χ2n) is 5.93. The Kier molecular flexibility index (Phi) is 3.99. The van der Waals surface area contributed by atoms with Crippen molar-refractivity contribution in [3.63, 3.8) is 0 Å². The van der Waals surface area contributed by atoms with Crippen LogP contribution in [0.1, 0.15) is 12.0 Å². The van der Waals surface area contributed by atoms with Crippen molar-refractivity contribution in [2.75, 3.05) is 0 Å². The minimum atomic E-state index is -0.640. The van der Waals surface area contributed by atoms with Gasteiger partial charge in [-0.2, -0.15) is 0 Å². The summed E-state index contributed by atoms with van der Waals surface area (Å²) in [5.74, 6) is 0.189. The van der Waals surface area contributed by atoms with Gasteiger partial charge in [-0.15, -0.1) is 0 Å². The Balaban J connectivity index is 2.17. The number of hydrogen-bond donors (Lipinski definition) is 2. The molecule has 1 aliphatic rings. The third-order valence-corrected chi connectivity index (χ3v) is 5.41. The molecule has 0 unspecified atom stereocenters. The molecule has 0 aliphatic heterocycles. The molecule has 4 heteroatoms. The molecule has 4 rings (SSSR count). The summed E-state index contributed by atoms with van der Waals surface area (Å²) < 4.78 is 1.98. The molecule has 2 nitrogen and oxygen atoms in total. The number of hydrogen-bond acceptors (Lipinski definition) is 2. The topological polar surface area (TPSA) is 40.5 Å². The Bertz CT molecular complexity index is 1090. The normalized spacial score (nSPS) is 16.8. The Morgan fingerprint density at radius 3 is 2.50 bits per heavy atom. The van der Waals surface area contributed by atoms with E-state index in [2.05, 4.69) is 31.9 Å². The van der Waals surface area contributed by atoms with Gasteiger partial charge in [-0.1, -0.05) is 56.1 Å². The lowest BCUT2D eigenvalue weighted by Crippen LogP contribution is -2.35. The first-order valence-electron chi connectivity index (χ1n) is 7.64. The summed E-state index contributed by atoms with van der Waals surface area (Å²) >= 11 is 6.99. The molecule has 0 radical (unpaired) electrons. The standard InChI is InChI=1S/C20H14Br2O2/c21-13-3-5-15-11(9-13)1-7-17(23)19(15)20-16-6-4-14(22)10-12(16)2-8-18(20)24/h1-7,9-10,18,23-24H,8H2/t18-/m0/s1. The number of benzene rings is 3. The molecule has 2 N–H and O–H groups in total. The minimum absolute atomic E-state index is 0.189. The van der Waals surface area contributed by atoms with Crippen LogP contribution in [0.5, 0.6) is 5.75 Å². The fourth-order valence-electron chi connectivity index (χ4n) is 3.36. The van der Waals surface area contributed by atoms with Crippen molar-refractivity contribution < 1.29 is 10.2 Å². The zero-order valence-corrected chi connectivity index (χ0v) is 15.8. The molecule has 0 saturated heterocycles. The number of fused-ring (bicyclic) bond motifs is 2. The van der Waals surface area contributed by atoms with E-state index < -0.39 is 6.10 Å². The average molecular weight is 446 g/mol. The van der Waals surface area contributed by atoms with Crippen LogP contribution in [0.4, 0.5) is 0 Å². The lowest BCUT2D eigenvalue weighted by molar-refractivity contribution is 0.238. The first-order chi connectivity index (χ1) is 11.5. The van der Waals surface area contributed by atoms with Gasteiger partial charge in [0.05, 0.1) is 6.10 Å². The van der Waals surface area contributed by atoms with Gasteiger partial charge in [0.25, 0.3) is 0 Å². The summed E-state index contributed by atoms with van der Waals surface area (Å²) in [7, 11) is 0. The molecule has 120 valence electrons. The van der Waals surface area contributed by atoms with E-state index in [1.807, 2.05) is 48.5 Å². The first kappa shape index (κ1) is 15.9. The molecular formula is C20H14Br2O2. The highest BCUT2D eigenvalue weighted by atomic mass is 79.9. The summed E-state index contributed by atoms with van der Waals surface area (Å²) in [6.07, 6.45) is 1.93. The van der Waals surface area contributed by atoms with Gasteiger partial charge in [0.15, 0.2) is 0 Å². The molecule has 0 heterocycles. The molecule has 3 aromatic carbocycles. The second-order valence-corrected chi connectivity index (χ2v) is 7.76. The highest BCUT2D eigenvalue weighted by molar-refractivity contribution is 9.10. The van der Waals surface area contributed by atoms with Crippen molar-refractivity contribution in [1.29, 1.82) is 0 Å². The molecule has 0 amide bonds. The van der Waals surface area contributed by atoms with Crippen molar-refractivity contribution in [3.8, 4) is 5.75 Å². The monoisotopic (exact) mass is 444 g/mol. The summed E-state index contributed by atoms with van der Waals surface area (Å²) in [4.78, 5) is 0. The van der Waals surface area contributed by atoms with E-state index in [0.717, 1.165) is 35.7 Å². The van der Waals surface area contributed by atoms with E-state index >= 15 is 0 Å². The zero-order valence-electron chi connectivity index (χ0n) is 12.6. The van der Waals surface area contributed by atoms with Crippen LogP contribution in [0.25, 0.3) is 22.4 Å².